The van der Waals surface area contributed by atoms with E-state index >= 15 is 0 Å². The van der Waals surface area contributed by atoms with Crippen molar-refractivity contribution in [2.45, 2.75) is 209 Å². The van der Waals surface area contributed by atoms with Crippen molar-refractivity contribution < 1.29 is 0 Å². The van der Waals surface area contributed by atoms with Crippen LogP contribution < -0.4 is 26.2 Å². The van der Waals surface area contributed by atoms with Crippen LogP contribution in [0.15, 0.2) is 219 Å². The van der Waals surface area contributed by atoms with E-state index in [4.69, 9.17) is 19.9 Å². The van der Waals surface area contributed by atoms with Gasteiger partial charge in [0.1, 0.15) is 25.3 Å². The first kappa shape index (κ1) is 75.8. The minimum absolute atomic E-state index is 0.109. The summed E-state index contributed by atoms with van der Waals surface area (Å²) in [7, 11) is 0. The molecule has 0 bridgehead atoms. The molecule has 116 heavy (non-hydrogen) atoms. The van der Waals surface area contributed by atoms with Crippen LogP contribution in [0.1, 0.15) is 211 Å². The molecule has 0 unspecified atom stereocenters. The molecule has 5 aromatic heterocycles. The Bertz CT molecular complexity index is 6130. The molecule has 7 heterocycles. The third kappa shape index (κ3) is 12.7. The highest BCUT2D eigenvalue weighted by Gasteiger charge is 2.46. The second kappa shape index (κ2) is 26.0. The van der Waals surface area contributed by atoms with Crippen molar-refractivity contribution in [3.05, 3.63) is 264 Å². The summed E-state index contributed by atoms with van der Waals surface area (Å²) >= 11 is 0. The summed E-state index contributed by atoms with van der Waals surface area (Å²) in [6.07, 6.45) is 6.54. The Labute approximate surface area is 685 Å². The standard InChI is InChI=1S/C104H108BN11/c1-97(2,3)65-27-35-78-79-36-28-66(98(4,5)6)50-87(79)112(86(78)49-65)73-31-39-82-90(53-73)115(95-108-57-106-58-109-95)92-55-75(56-93-94(92)105(82)83-40-32-74(54-91(83)116(93)96-110-59-107-60-111-96)113-88-51-67(99(7,8)9)29-37-80(88)81-38-30-68(52-89(81)113)100(10,11)12)114-84-45-61(63-41-69(101(13,14)15)47-70(42-63)102(16,17)18)25-33-76(84)77-34-26-62(46-85(77)114)64-43-71(103(19,20)21)48-72(44-64)104(22,23)24/h25-60H,1-24H3. The van der Waals surface area contributed by atoms with Gasteiger partial charge in [0.2, 0.25) is 11.9 Å². The first-order chi connectivity index (χ1) is 54.5. The van der Waals surface area contributed by atoms with E-state index in [0.717, 1.165) is 111 Å². The van der Waals surface area contributed by atoms with Crippen molar-refractivity contribution in [1.29, 1.82) is 0 Å². The monoisotopic (exact) mass is 1520 g/mol. The van der Waals surface area contributed by atoms with E-state index in [-0.39, 0.29) is 50.0 Å². The smallest absolute Gasteiger partial charge is 0.252 e. The topological polar surface area (TPSA) is 98.6 Å². The lowest BCUT2D eigenvalue weighted by Crippen LogP contribution is -2.61. The normalized spacial score (nSPS) is 13.8. The van der Waals surface area contributed by atoms with Crippen molar-refractivity contribution in [2.24, 2.45) is 0 Å². The molecule has 2 aliphatic rings. The van der Waals surface area contributed by atoms with Crippen LogP contribution >= 0.6 is 0 Å². The van der Waals surface area contributed by atoms with E-state index in [1.165, 1.54) is 77.2 Å². The molecule has 11 aromatic carbocycles. The maximum Gasteiger partial charge on any atom is 0.252 e. The number of nitrogens with zero attached hydrogens (tertiary/aromatic N) is 11. The molecule has 0 radical (unpaired) electrons. The SMILES string of the molecule is CC(C)(C)c1cc(-c2ccc3c4ccc(-c5cc(C(C)(C)C)cc(C(C)(C)C)c5)cc4n(-c4cc5c6c(c4)N(c4ncncn4)c4cc(-n7c8cc(C(C)(C)C)ccc8c8ccc(C(C)(C)C)cc87)ccc4B6c4ccc(-n6c7cc(C(C)(C)C)ccc7c7ccc(C(C)(C)C)cc76)cc4N5c4ncncn4)c3c2)cc(C(C)(C)C)c1. The summed E-state index contributed by atoms with van der Waals surface area (Å²) in [5, 5.41) is 7.09. The Morgan fingerprint density at radius 3 is 0.767 bits per heavy atom. The lowest BCUT2D eigenvalue weighted by molar-refractivity contribution is 0.568. The highest BCUT2D eigenvalue weighted by Crippen LogP contribution is 2.50. The Morgan fingerprint density at radius 1 is 0.224 bits per heavy atom. The third-order valence-electron chi connectivity index (χ3n) is 24.9. The van der Waals surface area contributed by atoms with Gasteiger partial charge in [-0.05, 0) is 199 Å². The minimum atomic E-state index is -0.356. The van der Waals surface area contributed by atoms with Gasteiger partial charge in [0.25, 0.3) is 6.71 Å². The van der Waals surface area contributed by atoms with Gasteiger partial charge < -0.3 is 13.7 Å². The molecule has 0 spiro atoms. The molecule has 0 aliphatic carbocycles. The van der Waals surface area contributed by atoms with Crippen LogP contribution in [0.2, 0.25) is 0 Å². The molecule has 0 amide bonds. The summed E-state index contributed by atoms with van der Waals surface area (Å²) in [4.78, 5) is 34.7. The van der Waals surface area contributed by atoms with E-state index in [1.54, 1.807) is 25.3 Å². The van der Waals surface area contributed by atoms with E-state index in [0.29, 0.717) is 11.9 Å². The molecule has 11 nitrogen and oxygen atoms in total. The van der Waals surface area contributed by atoms with Gasteiger partial charge in [-0.15, -0.1) is 0 Å². The maximum atomic E-state index is 5.24. The van der Waals surface area contributed by atoms with Crippen molar-refractivity contribution >= 4 is 123 Å². The largest absolute Gasteiger partial charge is 0.309 e. The van der Waals surface area contributed by atoms with Gasteiger partial charge in [-0.3, -0.25) is 9.80 Å². The summed E-state index contributed by atoms with van der Waals surface area (Å²) in [6.45, 7) is 55.3. The Balaban J connectivity index is 0.993. The molecule has 2 aliphatic heterocycles. The first-order valence-electron chi connectivity index (χ1n) is 41.5. The van der Waals surface area contributed by atoms with E-state index in [9.17, 15) is 0 Å². The second-order valence-corrected chi connectivity index (χ2v) is 41.4. The van der Waals surface area contributed by atoms with Gasteiger partial charge in [-0.2, -0.15) is 0 Å². The summed E-state index contributed by atoms with van der Waals surface area (Å²) in [6, 6.07) is 76.5. The average molecular weight is 1520 g/mol. The molecule has 12 heteroatoms. The van der Waals surface area contributed by atoms with Gasteiger partial charge >= 0.3 is 0 Å². The molecule has 0 N–H and O–H groups in total. The zero-order valence-corrected chi connectivity index (χ0v) is 72.3. The summed E-state index contributed by atoms with van der Waals surface area (Å²) in [5.74, 6) is 0.973. The van der Waals surface area contributed by atoms with Crippen molar-refractivity contribution in [3.8, 4) is 39.3 Å². The van der Waals surface area contributed by atoms with Gasteiger partial charge in [-0.25, -0.2) is 29.9 Å². The number of fused-ring (bicyclic) bond motifs is 13. The molecule has 0 fully saturated rings. The molecular weight excluding hydrogens is 1410 g/mol. The van der Waals surface area contributed by atoms with E-state index < -0.39 is 0 Å². The summed E-state index contributed by atoms with van der Waals surface area (Å²) in [5.41, 5.74) is 30.6. The number of rotatable bonds is 7. The molecule has 0 atom stereocenters. The lowest BCUT2D eigenvalue weighted by Gasteiger charge is -2.43. The Hall–Kier alpha value is -11.5. The number of anilines is 6. The molecule has 16 aromatic rings. The van der Waals surface area contributed by atoms with Crippen LogP contribution in [0.3, 0.4) is 0 Å². The average Bonchev–Trinajstić information content (AvgIpc) is 0.815. The van der Waals surface area contributed by atoms with Gasteiger partial charge in [0, 0.05) is 66.4 Å². The lowest BCUT2D eigenvalue weighted by atomic mass is 9.33. The highest BCUT2D eigenvalue weighted by molar-refractivity contribution is 7.00. The van der Waals surface area contributed by atoms with Crippen molar-refractivity contribution in [2.75, 3.05) is 9.80 Å². The molecule has 0 saturated heterocycles. The van der Waals surface area contributed by atoms with Crippen LogP contribution in [-0.2, 0) is 43.3 Å². The predicted molar refractivity (Wildman–Crippen MR) is 491 cm³/mol. The Morgan fingerprint density at radius 2 is 0.483 bits per heavy atom. The molecule has 582 valence electrons. The van der Waals surface area contributed by atoms with Crippen LogP contribution in [0.5, 0.6) is 0 Å². The maximum absolute atomic E-state index is 5.24. The van der Waals surface area contributed by atoms with Crippen LogP contribution in [-0.4, -0.2) is 50.3 Å². The highest BCUT2D eigenvalue weighted by atomic mass is 15.3. The molecule has 18 rings (SSSR count). The van der Waals surface area contributed by atoms with Crippen molar-refractivity contribution in [1.82, 2.24) is 43.6 Å². The fourth-order valence-corrected chi connectivity index (χ4v) is 17.9. The zero-order chi connectivity index (χ0) is 81.9. The fraction of sp³-hybridized carbons (Fsp3) is 0.308. The second-order valence-electron chi connectivity index (χ2n) is 41.4. The number of benzene rings is 11. The fourth-order valence-electron chi connectivity index (χ4n) is 17.9. The minimum Gasteiger partial charge on any atom is -0.309 e. The summed E-state index contributed by atoms with van der Waals surface area (Å²) < 4.78 is 7.57. The van der Waals surface area contributed by atoms with Crippen LogP contribution in [0.4, 0.5) is 34.6 Å². The number of hydrogen-bond acceptors (Lipinski definition) is 8. The predicted octanol–water partition coefficient (Wildman–Crippen LogP) is 25.1. The Kier molecular flexibility index (Phi) is 17.0. The van der Waals surface area contributed by atoms with Gasteiger partial charge in [0.05, 0.1) is 38.8 Å². The molecule has 0 saturated carbocycles. The van der Waals surface area contributed by atoms with E-state index in [1.807, 2.05) is 0 Å². The van der Waals surface area contributed by atoms with E-state index in [2.05, 4.69) is 394 Å². The quantitative estimate of drug-likeness (QED) is 0.146. The zero-order valence-electron chi connectivity index (χ0n) is 72.3. The number of hydrogen-bond donors (Lipinski definition) is 0. The van der Waals surface area contributed by atoms with Gasteiger partial charge in [-0.1, -0.05) is 287 Å². The third-order valence-corrected chi connectivity index (χ3v) is 24.9. The van der Waals surface area contributed by atoms with Crippen LogP contribution in [0, 0.1) is 0 Å². The number of aromatic nitrogens is 9. The molecular formula is C104H108BN11. The van der Waals surface area contributed by atoms with Gasteiger partial charge in [0.15, 0.2) is 0 Å². The van der Waals surface area contributed by atoms with Crippen molar-refractivity contribution in [3.63, 3.8) is 0 Å². The van der Waals surface area contributed by atoms with Crippen LogP contribution in [0.25, 0.3) is 105 Å². The first-order valence-corrected chi connectivity index (χ1v) is 41.5.